The normalized spacial score (nSPS) is 14.9. The number of carbonyl (C=O) groups is 1. The average molecular weight is 579 g/mol. The number of rotatable bonds is 14. The van der Waals surface area contributed by atoms with E-state index in [-0.39, 0.29) is 11.3 Å². The Labute approximate surface area is 241 Å². The van der Waals surface area contributed by atoms with Gasteiger partial charge in [0.1, 0.15) is 22.8 Å². The van der Waals surface area contributed by atoms with Crippen molar-refractivity contribution in [3.63, 3.8) is 0 Å². The largest absolute Gasteiger partial charge is 0.494 e. The Bertz CT molecular complexity index is 1450. The first-order chi connectivity index (χ1) is 19.6. The third kappa shape index (κ3) is 8.14. The molecule has 10 heteroatoms. The minimum atomic E-state index is -0.0554. The van der Waals surface area contributed by atoms with Crippen molar-refractivity contribution in [2.75, 3.05) is 12.4 Å². The topological polar surface area (TPSA) is 99.2 Å². The van der Waals surface area contributed by atoms with Gasteiger partial charge in [0.25, 0.3) is 0 Å². The molecule has 0 aliphatic carbocycles. The molecule has 2 aromatic carbocycles. The molecular weight excluding hydrogens is 544 g/mol. The molecule has 1 unspecified atom stereocenters. The fourth-order valence-corrected chi connectivity index (χ4v) is 7.58. The maximum atomic E-state index is 12.4. The second kappa shape index (κ2) is 14.4. The lowest BCUT2D eigenvalue weighted by Gasteiger charge is -2.08. The minimum Gasteiger partial charge on any atom is -0.494 e. The lowest BCUT2D eigenvalue weighted by atomic mass is 10.1. The molecule has 8 nitrogen and oxygen atoms in total. The van der Waals surface area contributed by atoms with Crippen LogP contribution in [0.15, 0.2) is 70.0 Å². The number of amides is 1. The third-order valence-corrected chi connectivity index (χ3v) is 9.79. The molecule has 0 radical (unpaired) electrons. The smallest absolute Gasteiger partial charge is 0.220 e. The Balaban J connectivity index is 0.967. The molecule has 0 saturated carbocycles. The highest BCUT2D eigenvalue weighted by molar-refractivity contribution is 8.77. The van der Waals surface area contributed by atoms with Crippen molar-refractivity contribution in [2.24, 2.45) is 0 Å². The van der Waals surface area contributed by atoms with Crippen LogP contribution in [0.3, 0.4) is 0 Å². The van der Waals surface area contributed by atoms with E-state index in [1.165, 1.54) is 24.7 Å². The van der Waals surface area contributed by atoms with Gasteiger partial charge in [-0.2, -0.15) is 0 Å². The molecule has 0 bridgehead atoms. The van der Waals surface area contributed by atoms with Crippen molar-refractivity contribution in [3.8, 4) is 17.1 Å². The summed E-state index contributed by atoms with van der Waals surface area (Å²) in [5.74, 6) is 2.64. The third-order valence-electron chi connectivity index (χ3n) is 6.78. The second-order valence-corrected chi connectivity index (χ2v) is 12.7. The molecule has 1 atom stereocenters. The van der Waals surface area contributed by atoms with E-state index in [1.54, 1.807) is 12.1 Å². The van der Waals surface area contributed by atoms with E-state index in [9.17, 15) is 9.59 Å². The first-order valence-corrected chi connectivity index (χ1v) is 16.2. The molecule has 1 aliphatic rings. The van der Waals surface area contributed by atoms with E-state index in [2.05, 4.69) is 15.6 Å². The fraction of sp³-hybridized carbons (Fsp3) is 0.400. The molecule has 1 fully saturated rings. The summed E-state index contributed by atoms with van der Waals surface area (Å²) in [6, 6.07) is 16.3. The zero-order chi connectivity index (χ0) is 27.6. The number of ether oxygens (including phenoxy) is 1. The molecular formula is C30H34N4O4S2. The van der Waals surface area contributed by atoms with Crippen LogP contribution in [-0.4, -0.2) is 38.5 Å². The van der Waals surface area contributed by atoms with E-state index in [0.717, 1.165) is 54.5 Å². The summed E-state index contributed by atoms with van der Waals surface area (Å²) in [5, 5.41) is 12.7. The number of fused-ring (bicyclic) bond motifs is 1. The summed E-state index contributed by atoms with van der Waals surface area (Å²) >= 11 is 0. The highest BCUT2D eigenvalue weighted by Crippen LogP contribution is 2.39. The Hall–Kier alpha value is -3.24. The summed E-state index contributed by atoms with van der Waals surface area (Å²) < 4.78 is 13.6. The van der Waals surface area contributed by atoms with Gasteiger partial charge >= 0.3 is 0 Å². The van der Waals surface area contributed by atoms with E-state index < -0.39 is 0 Å². The van der Waals surface area contributed by atoms with Crippen molar-refractivity contribution in [3.05, 3.63) is 76.7 Å². The van der Waals surface area contributed by atoms with Crippen LogP contribution in [-0.2, 0) is 17.9 Å². The molecule has 1 N–H and O–H groups in total. The molecule has 210 valence electrons. The predicted octanol–water partition coefficient (Wildman–Crippen LogP) is 6.24. The fourth-order valence-electron chi connectivity index (χ4n) is 4.56. The Morgan fingerprint density at radius 3 is 2.83 bits per heavy atom. The van der Waals surface area contributed by atoms with Crippen LogP contribution >= 0.6 is 21.6 Å². The van der Waals surface area contributed by atoms with Gasteiger partial charge < -0.3 is 14.5 Å². The number of carbonyl (C=O) groups excluding carboxylic acids is 1. The van der Waals surface area contributed by atoms with Gasteiger partial charge in [-0.25, -0.2) is 0 Å². The van der Waals surface area contributed by atoms with Gasteiger partial charge in [0.2, 0.25) is 5.91 Å². The molecule has 0 spiro atoms. The molecule has 3 heterocycles. The van der Waals surface area contributed by atoms with Crippen molar-refractivity contribution < 1.29 is 13.9 Å². The molecule has 5 rings (SSSR count). The number of hydrogen-bond acceptors (Lipinski definition) is 8. The van der Waals surface area contributed by atoms with Gasteiger partial charge in [0.05, 0.1) is 24.7 Å². The van der Waals surface area contributed by atoms with Gasteiger partial charge in [-0.3, -0.25) is 14.3 Å². The molecule has 1 aliphatic heterocycles. The summed E-state index contributed by atoms with van der Waals surface area (Å²) in [4.78, 5) is 24.5. The number of aromatic nitrogens is 3. The molecule has 40 heavy (non-hydrogen) atoms. The summed E-state index contributed by atoms with van der Waals surface area (Å²) in [7, 11) is 3.97. The summed E-state index contributed by atoms with van der Waals surface area (Å²) in [5.41, 5.74) is 2.12. The van der Waals surface area contributed by atoms with Gasteiger partial charge in [-0.1, -0.05) is 45.4 Å². The number of nitrogens with one attached hydrogen (secondary N) is 1. The number of aryl methyl sites for hydroxylation is 1. The lowest BCUT2D eigenvalue weighted by molar-refractivity contribution is -0.121. The number of hydrogen-bond donors (Lipinski definition) is 1. The monoisotopic (exact) mass is 578 g/mol. The van der Waals surface area contributed by atoms with Crippen molar-refractivity contribution in [1.29, 1.82) is 0 Å². The molecule has 1 amide bonds. The Morgan fingerprint density at radius 1 is 1.10 bits per heavy atom. The Morgan fingerprint density at radius 2 is 1.98 bits per heavy atom. The van der Waals surface area contributed by atoms with Gasteiger partial charge in [-0.05, 0) is 68.5 Å². The molecule has 1 saturated heterocycles. The van der Waals surface area contributed by atoms with E-state index in [4.69, 9.17) is 9.15 Å². The van der Waals surface area contributed by atoms with Crippen LogP contribution in [0.25, 0.3) is 22.3 Å². The zero-order valence-corrected chi connectivity index (χ0v) is 24.1. The molecule has 2 aromatic heterocycles. The number of nitrogens with zero attached hydrogens (tertiary/aromatic N) is 3. The van der Waals surface area contributed by atoms with Crippen LogP contribution < -0.4 is 15.5 Å². The van der Waals surface area contributed by atoms with Crippen molar-refractivity contribution >= 4 is 38.5 Å². The first kappa shape index (κ1) is 28.3. The maximum absolute atomic E-state index is 12.4. The van der Waals surface area contributed by atoms with Gasteiger partial charge in [-0.15, -0.1) is 5.10 Å². The minimum absolute atomic E-state index is 0.0554. The van der Waals surface area contributed by atoms with Crippen LogP contribution in [0, 0.1) is 0 Å². The predicted molar refractivity (Wildman–Crippen MR) is 161 cm³/mol. The SMILES string of the molecule is O=C(CCCCC1CCSS1)NCc1cn(CCCCOc2ccc(-c3cc(=O)c4ccccc4o3)cc2)nn1. The highest BCUT2D eigenvalue weighted by atomic mass is 33.1. The zero-order valence-electron chi connectivity index (χ0n) is 22.4. The van der Waals surface area contributed by atoms with Crippen LogP contribution in [0.2, 0.25) is 0 Å². The summed E-state index contributed by atoms with van der Waals surface area (Å²) in [6.07, 6.45) is 8.79. The highest BCUT2D eigenvalue weighted by Gasteiger charge is 2.16. The van der Waals surface area contributed by atoms with E-state index >= 15 is 0 Å². The lowest BCUT2D eigenvalue weighted by Crippen LogP contribution is -2.22. The second-order valence-electron chi connectivity index (χ2n) is 9.88. The standard InChI is InChI=1S/C30H34N4O4S2/c35-27-19-29(38-28-9-3-2-8-26(27)28)22-11-13-24(14-12-22)37-17-6-5-16-34-21-23(32-33-34)20-31-30(36)10-4-1-7-25-15-18-39-40-25/h2-3,8-9,11-14,19,21,25H,1,4-7,10,15-18,20H2,(H,31,36). The number of benzene rings is 2. The maximum Gasteiger partial charge on any atom is 0.220 e. The van der Waals surface area contributed by atoms with Crippen LogP contribution in [0.4, 0.5) is 0 Å². The first-order valence-electron chi connectivity index (χ1n) is 13.8. The van der Waals surface area contributed by atoms with Crippen molar-refractivity contribution in [2.45, 2.75) is 63.3 Å². The summed E-state index contributed by atoms with van der Waals surface area (Å²) in [6.45, 7) is 1.73. The number of unbranched alkanes of at least 4 members (excludes halogenated alkanes) is 2. The number of para-hydroxylation sites is 1. The van der Waals surface area contributed by atoms with Crippen LogP contribution in [0.1, 0.15) is 50.6 Å². The van der Waals surface area contributed by atoms with Crippen LogP contribution in [0.5, 0.6) is 5.75 Å². The van der Waals surface area contributed by atoms with Crippen molar-refractivity contribution in [1.82, 2.24) is 20.3 Å². The van der Waals surface area contributed by atoms with Gasteiger partial charge in [0.15, 0.2) is 5.43 Å². The Kier molecular flexibility index (Phi) is 10.2. The van der Waals surface area contributed by atoms with E-state index in [0.29, 0.717) is 36.3 Å². The average Bonchev–Trinajstić information content (AvgIpc) is 3.67. The molecule has 4 aromatic rings. The van der Waals surface area contributed by atoms with E-state index in [1.807, 2.05) is 68.9 Å². The quantitative estimate of drug-likeness (QED) is 0.139. The van der Waals surface area contributed by atoms with Gasteiger partial charge in [0, 0.05) is 35.6 Å².